The van der Waals surface area contributed by atoms with Crippen LogP contribution in [0.1, 0.15) is 11.1 Å². The van der Waals surface area contributed by atoms with Crippen molar-refractivity contribution in [3.8, 4) is 11.5 Å². The van der Waals surface area contributed by atoms with Crippen LogP contribution in [0.3, 0.4) is 0 Å². The highest BCUT2D eigenvalue weighted by Gasteiger charge is 2.23. The van der Waals surface area contributed by atoms with Crippen LogP contribution in [0.4, 0.5) is 11.4 Å². The predicted molar refractivity (Wildman–Crippen MR) is 106 cm³/mol. The maximum atomic E-state index is 12.6. The summed E-state index contributed by atoms with van der Waals surface area (Å²) >= 11 is 0. The first-order valence-corrected chi connectivity index (χ1v) is 10.1. The second kappa shape index (κ2) is 8.30. The fourth-order valence-electron chi connectivity index (χ4n) is 2.60. The number of sulfonamides is 1. The summed E-state index contributed by atoms with van der Waals surface area (Å²) in [5.74, 6) is 0.496. The second-order valence-electron chi connectivity index (χ2n) is 6.17. The Morgan fingerprint density at radius 2 is 1.78 bits per heavy atom. The van der Waals surface area contributed by atoms with E-state index in [1.165, 1.54) is 14.2 Å². The molecule has 0 radical (unpaired) electrons. The first-order chi connectivity index (χ1) is 12.7. The van der Waals surface area contributed by atoms with Gasteiger partial charge in [0.25, 0.3) is 0 Å². The summed E-state index contributed by atoms with van der Waals surface area (Å²) in [6.07, 6.45) is 1.08. The summed E-state index contributed by atoms with van der Waals surface area (Å²) in [6.45, 7) is 3.31. The first kappa shape index (κ1) is 20.6. The van der Waals surface area contributed by atoms with Gasteiger partial charge in [-0.05, 0) is 43.2 Å². The number of benzene rings is 2. The molecule has 2 aromatic carbocycles. The molecule has 0 atom stereocenters. The van der Waals surface area contributed by atoms with Crippen LogP contribution < -0.4 is 19.1 Å². The topological polar surface area (TPSA) is 84.9 Å². The molecule has 1 amide bonds. The molecule has 0 aliphatic carbocycles. The third-order valence-electron chi connectivity index (χ3n) is 4.00. The molecule has 0 spiro atoms. The molecule has 0 bridgehead atoms. The van der Waals surface area contributed by atoms with Crippen LogP contribution in [0, 0.1) is 13.8 Å². The lowest BCUT2D eigenvalue weighted by molar-refractivity contribution is -0.114. The molecule has 0 aliphatic heterocycles. The number of hydrogen-bond acceptors (Lipinski definition) is 5. The molecule has 27 heavy (non-hydrogen) atoms. The summed E-state index contributed by atoms with van der Waals surface area (Å²) in [5, 5.41) is 2.69. The number of rotatable bonds is 7. The minimum Gasteiger partial charge on any atom is -0.497 e. The van der Waals surface area contributed by atoms with Gasteiger partial charge in [-0.3, -0.25) is 9.10 Å². The van der Waals surface area contributed by atoms with Gasteiger partial charge >= 0.3 is 0 Å². The Kier molecular flexibility index (Phi) is 6.32. The molecule has 146 valence electrons. The van der Waals surface area contributed by atoms with Gasteiger partial charge in [0.1, 0.15) is 18.0 Å². The van der Waals surface area contributed by atoms with Gasteiger partial charge in [0.05, 0.1) is 31.9 Å². The average molecular weight is 392 g/mol. The van der Waals surface area contributed by atoms with Gasteiger partial charge in [-0.2, -0.15) is 0 Å². The van der Waals surface area contributed by atoms with Crippen molar-refractivity contribution in [3.63, 3.8) is 0 Å². The number of ether oxygens (including phenoxy) is 2. The Balaban J connectivity index is 2.32. The van der Waals surface area contributed by atoms with Gasteiger partial charge in [0, 0.05) is 6.07 Å². The number of methoxy groups -OCH3 is 2. The summed E-state index contributed by atoms with van der Waals surface area (Å²) in [7, 11) is -0.661. The van der Waals surface area contributed by atoms with Gasteiger partial charge < -0.3 is 14.8 Å². The lowest BCUT2D eigenvalue weighted by Crippen LogP contribution is -2.38. The molecule has 0 aliphatic rings. The number of anilines is 2. The van der Waals surface area contributed by atoms with E-state index in [1.807, 2.05) is 19.1 Å². The number of hydrogen-bond donors (Lipinski definition) is 1. The molecule has 0 unspecified atom stereocenters. The van der Waals surface area contributed by atoms with Gasteiger partial charge in [-0.25, -0.2) is 8.42 Å². The summed E-state index contributed by atoms with van der Waals surface area (Å²) < 4.78 is 36.1. The number of nitrogens with zero attached hydrogens (tertiary/aromatic N) is 1. The molecule has 0 saturated carbocycles. The Morgan fingerprint density at radius 1 is 1.07 bits per heavy atom. The lowest BCUT2D eigenvalue weighted by atomic mass is 10.1. The molecule has 0 saturated heterocycles. The highest BCUT2D eigenvalue weighted by molar-refractivity contribution is 7.92. The Labute approximate surface area is 160 Å². The zero-order valence-corrected chi connectivity index (χ0v) is 16.9. The van der Waals surface area contributed by atoms with Crippen LogP contribution in [0.25, 0.3) is 0 Å². The van der Waals surface area contributed by atoms with Crippen molar-refractivity contribution < 1.29 is 22.7 Å². The van der Waals surface area contributed by atoms with Crippen molar-refractivity contribution in [3.05, 3.63) is 47.5 Å². The molecule has 1 N–H and O–H groups in total. The zero-order valence-electron chi connectivity index (χ0n) is 16.1. The molecule has 2 aromatic rings. The summed E-state index contributed by atoms with van der Waals surface area (Å²) in [6, 6.07) is 10.4. The van der Waals surface area contributed by atoms with Crippen LogP contribution in [0.15, 0.2) is 36.4 Å². The van der Waals surface area contributed by atoms with Gasteiger partial charge in [0.2, 0.25) is 15.9 Å². The van der Waals surface area contributed by atoms with Crippen molar-refractivity contribution in [2.45, 2.75) is 13.8 Å². The van der Waals surface area contributed by atoms with Crippen molar-refractivity contribution >= 4 is 27.3 Å². The number of amides is 1. The maximum Gasteiger partial charge on any atom is 0.245 e. The largest absolute Gasteiger partial charge is 0.497 e. The van der Waals surface area contributed by atoms with Crippen LogP contribution in [0.2, 0.25) is 0 Å². The van der Waals surface area contributed by atoms with E-state index < -0.39 is 15.9 Å². The Morgan fingerprint density at radius 3 is 2.37 bits per heavy atom. The number of carbonyl (C=O) groups is 1. The normalized spacial score (nSPS) is 11.0. The zero-order chi connectivity index (χ0) is 20.2. The van der Waals surface area contributed by atoms with Gasteiger partial charge in [-0.15, -0.1) is 0 Å². The molecule has 7 nitrogen and oxygen atoms in total. The summed E-state index contributed by atoms with van der Waals surface area (Å²) in [4.78, 5) is 12.6. The quantitative estimate of drug-likeness (QED) is 0.783. The van der Waals surface area contributed by atoms with E-state index >= 15 is 0 Å². The van der Waals surface area contributed by atoms with E-state index in [1.54, 1.807) is 31.2 Å². The molecule has 2 rings (SSSR count). The van der Waals surface area contributed by atoms with E-state index in [9.17, 15) is 13.2 Å². The maximum absolute atomic E-state index is 12.6. The minimum absolute atomic E-state index is 0.358. The van der Waals surface area contributed by atoms with Crippen molar-refractivity contribution in [2.75, 3.05) is 36.6 Å². The Bertz CT molecular complexity index is 941. The van der Waals surface area contributed by atoms with E-state index in [2.05, 4.69) is 5.32 Å². The minimum atomic E-state index is -3.66. The highest BCUT2D eigenvalue weighted by atomic mass is 32.2. The van der Waals surface area contributed by atoms with E-state index in [0.29, 0.717) is 22.9 Å². The second-order valence-corrected chi connectivity index (χ2v) is 8.08. The van der Waals surface area contributed by atoms with Crippen LogP contribution in [0.5, 0.6) is 11.5 Å². The SMILES string of the molecule is COc1ccc(OC)c(NC(=O)CN(c2cc(C)ccc2C)S(C)(=O)=O)c1. The van der Waals surface area contributed by atoms with E-state index in [-0.39, 0.29) is 6.54 Å². The molecule has 0 aromatic heterocycles. The number of carbonyl (C=O) groups excluding carboxylic acids is 1. The lowest BCUT2D eigenvalue weighted by Gasteiger charge is -2.24. The van der Waals surface area contributed by atoms with Crippen LogP contribution in [-0.4, -0.2) is 41.3 Å². The highest BCUT2D eigenvalue weighted by Crippen LogP contribution is 2.29. The number of nitrogens with one attached hydrogen (secondary N) is 1. The predicted octanol–water partition coefficient (Wildman–Crippen LogP) is 2.73. The molecule has 0 heterocycles. The first-order valence-electron chi connectivity index (χ1n) is 8.22. The molecular weight excluding hydrogens is 368 g/mol. The van der Waals surface area contributed by atoms with Crippen molar-refractivity contribution in [1.29, 1.82) is 0 Å². The van der Waals surface area contributed by atoms with Crippen molar-refractivity contribution in [1.82, 2.24) is 0 Å². The van der Waals surface area contributed by atoms with Crippen LogP contribution in [-0.2, 0) is 14.8 Å². The Hall–Kier alpha value is -2.74. The van der Waals surface area contributed by atoms with Gasteiger partial charge in [0.15, 0.2) is 0 Å². The molecule has 8 heteroatoms. The third kappa shape index (κ3) is 5.13. The standard InChI is InChI=1S/C19H24N2O5S/c1-13-6-7-14(2)17(10-13)21(27(5,23)24)12-19(22)20-16-11-15(25-3)8-9-18(16)26-4/h6-11H,12H2,1-5H3,(H,20,22). The number of aryl methyl sites for hydroxylation is 2. The summed E-state index contributed by atoms with van der Waals surface area (Å²) in [5.41, 5.74) is 2.54. The fourth-order valence-corrected chi connectivity index (χ4v) is 3.51. The molecular formula is C19H24N2O5S. The monoisotopic (exact) mass is 392 g/mol. The van der Waals surface area contributed by atoms with E-state index in [4.69, 9.17) is 9.47 Å². The van der Waals surface area contributed by atoms with Crippen LogP contribution >= 0.6 is 0 Å². The van der Waals surface area contributed by atoms with Gasteiger partial charge in [-0.1, -0.05) is 12.1 Å². The molecule has 0 fully saturated rings. The van der Waals surface area contributed by atoms with Crippen molar-refractivity contribution in [2.24, 2.45) is 0 Å². The smallest absolute Gasteiger partial charge is 0.245 e. The average Bonchev–Trinajstić information content (AvgIpc) is 2.61. The van der Waals surface area contributed by atoms with E-state index in [0.717, 1.165) is 21.7 Å². The fraction of sp³-hybridized carbons (Fsp3) is 0.316. The third-order valence-corrected chi connectivity index (χ3v) is 5.13.